The molecule has 4 N–H and O–H groups in total. The van der Waals surface area contributed by atoms with Gasteiger partial charge in [0.1, 0.15) is 6.04 Å². The van der Waals surface area contributed by atoms with E-state index >= 15 is 0 Å². The van der Waals surface area contributed by atoms with E-state index in [1.54, 1.807) is 12.1 Å². The van der Waals surface area contributed by atoms with Crippen LogP contribution in [0, 0.1) is 0 Å². The van der Waals surface area contributed by atoms with E-state index in [0.29, 0.717) is 27.0 Å². The van der Waals surface area contributed by atoms with Crippen molar-refractivity contribution >= 4 is 46.6 Å². The Hall–Kier alpha value is -2.44. The Morgan fingerprint density at radius 1 is 1.22 bits per heavy atom. The first kappa shape index (κ1) is 19.3. The number of carbonyl (C=O) groups excluding carboxylic acids is 1. The number of amides is 2. The van der Waals surface area contributed by atoms with Crippen LogP contribution in [0.5, 0.6) is 0 Å². The van der Waals surface area contributed by atoms with E-state index in [9.17, 15) is 14.7 Å². The van der Waals surface area contributed by atoms with Gasteiger partial charge in [0, 0.05) is 33.4 Å². The Labute approximate surface area is 166 Å². The van der Waals surface area contributed by atoms with Gasteiger partial charge in [-0.05, 0) is 36.2 Å². The highest BCUT2D eigenvalue weighted by molar-refractivity contribution is 6.35. The van der Waals surface area contributed by atoms with Crippen molar-refractivity contribution in [3.63, 3.8) is 0 Å². The largest absolute Gasteiger partial charge is 0.480 e. The average molecular weight is 408 g/mol. The second kappa shape index (κ2) is 8.06. The van der Waals surface area contributed by atoms with Crippen molar-refractivity contribution in [3.8, 4) is 0 Å². The van der Waals surface area contributed by atoms with Gasteiger partial charge in [0.25, 0.3) is 0 Å². The Kier molecular flexibility index (Phi) is 5.77. The van der Waals surface area contributed by atoms with Crippen LogP contribution in [-0.2, 0) is 11.2 Å². The molecule has 1 aliphatic heterocycles. The normalized spacial score (nSPS) is 18.2. The van der Waals surface area contributed by atoms with E-state index in [-0.39, 0.29) is 6.42 Å². The molecule has 0 saturated heterocycles. The number of carboxylic acid groups (broad SMARTS) is 1. The molecule has 1 heterocycles. The summed E-state index contributed by atoms with van der Waals surface area (Å²) in [5, 5.41) is 18.6. The molecule has 8 heteroatoms. The number of aryl methyl sites for hydroxylation is 1. The number of hydrogen-bond donors (Lipinski definition) is 4. The summed E-state index contributed by atoms with van der Waals surface area (Å²) in [6.07, 6.45) is 1.07. The molecule has 0 fully saturated rings. The van der Waals surface area contributed by atoms with Gasteiger partial charge < -0.3 is 21.1 Å². The molecule has 3 rings (SSSR count). The number of benzene rings is 2. The van der Waals surface area contributed by atoms with Crippen LogP contribution in [0.4, 0.5) is 16.2 Å². The molecule has 0 bridgehead atoms. The lowest BCUT2D eigenvalue weighted by atomic mass is 9.93. The number of aliphatic carboxylic acids is 1. The van der Waals surface area contributed by atoms with Crippen LogP contribution in [0.3, 0.4) is 0 Å². The van der Waals surface area contributed by atoms with E-state index < -0.39 is 24.1 Å². The highest BCUT2D eigenvalue weighted by Crippen LogP contribution is 2.39. The monoisotopic (exact) mass is 407 g/mol. The third-order valence-electron chi connectivity index (χ3n) is 4.47. The highest BCUT2D eigenvalue weighted by atomic mass is 35.5. The van der Waals surface area contributed by atoms with E-state index in [1.165, 1.54) is 5.56 Å². The minimum atomic E-state index is -1.01. The first-order valence-electron chi connectivity index (χ1n) is 8.52. The van der Waals surface area contributed by atoms with Crippen molar-refractivity contribution in [2.75, 3.05) is 10.6 Å². The topological polar surface area (TPSA) is 90.5 Å². The maximum Gasteiger partial charge on any atom is 0.326 e. The molecule has 142 valence electrons. The number of carboxylic acids is 1. The minimum Gasteiger partial charge on any atom is -0.480 e. The molecule has 0 saturated carbocycles. The number of fused-ring (bicyclic) bond motifs is 1. The third-order valence-corrected chi connectivity index (χ3v) is 5.00. The molecular formula is C19H19Cl2N3O3. The van der Waals surface area contributed by atoms with Gasteiger partial charge in [-0.1, -0.05) is 42.3 Å². The average Bonchev–Trinajstić information content (AvgIpc) is 2.61. The van der Waals surface area contributed by atoms with E-state index in [1.807, 2.05) is 24.3 Å². The summed E-state index contributed by atoms with van der Waals surface area (Å²) in [5.41, 5.74) is 2.94. The number of halogens is 2. The Morgan fingerprint density at radius 3 is 2.56 bits per heavy atom. The molecule has 2 amide bonds. The fraction of sp³-hybridized carbons (Fsp3) is 0.263. The number of urea groups is 1. The summed E-state index contributed by atoms with van der Waals surface area (Å²) in [6, 6.07) is 8.83. The first-order chi connectivity index (χ1) is 12.9. The van der Waals surface area contributed by atoms with E-state index in [4.69, 9.17) is 23.2 Å². The van der Waals surface area contributed by atoms with Crippen molar-refractivity contribution in [1.82, 2.24) is 5.32 Å². The van der Waals surface area contributed by atoms with Crippen LogP contribution >= 0.6 is 23.2 Å². The van der Waals surface area contributed by atoms with Crippen LogP contribution in [0.2, 0.25) is 10.0 Å². The zero-order valence-corrected chi connectivity index (χ0v) is 16.1. The van der Waals surface area contributed by atoms with Crippen molar-refractivity contribution in [2.24, 2.45) is 0 Å². The van der Waals surface area contributed by atoms with E-state index in [0.717, 1.165) is 6.42 Å². The van der Waals surface area contributed by atoms with Gasteiger partial charge in [-0.15, -0.1) is 0 Å². The van der Waals surface area contributed by atoms with Gasteiger partial charge in [0.2, 0.25) is 0 Å². The quantitative estimate of drug-likeness (QED) is 0.591. The molecule has 27 heavy (non-hydrogen) atoms. The molecule has 0 aliphatic carbocycles. The summed E-state index contributed by atoms with van der Waals surface area (Å²) in [4.78, 5) is 23.9. The third kappa shape index (κ3) is 4.46. The van der Waals surface area contributed by atoms with Crippen LogP contribution in [0.15, 0.2) is 36.4 Å². The van der Waals surface area contributed by atoms with Gasteiger partial charge >= 0.3 is 12.0 Å². The van der Waals surface area contributed by atoms with Crippen LogP contribution in [-0.4, -0.2) is 23.1 Å². The summed E-state index contributed by atoms with van der Waals surface area (Å²) >= 11 is 12.3. The Morgan fingerprint density at radius 2 is 1.93 bits per heavy atom. The van der Waals surface area contributed by atoms with Crippen LogP contribution < -0.4 is 16.0 Å². The summed E-state index contributed by atoms with van der Waals surface area (Å²) in [6.45, 7) is 2.05. The first-order valence-corrected chi connectivity index (χ1v) is 9.27. The highest BCUT2D eigenvalue weighted by Gasteiger charge is 2.33. The minimum absolute atomic E-state index is 0.159. The lowest BCUT2D eigenvalue weighted by Gasteiger charge is -2.32. The smallest absolute Gasteiger partial charge is 0.326 e. The number of anilines is 2. The molecule has 2 aromatic carbocycles. The van der Waals surface area contributed by atoms with Crippen molar-refractivity contribution < 1.29 is 14.7 Å². The van der Waals surface area contributed by atoms with Gasteiger partial charge in [-0.2, -0.15) is 0 Å². The lowest BCUT2D eigenvalue weighted by molar-refractivity contribution is -0.138. The molecule has 2 atom stereocenters. The number of carbonyl (C=O) groups is 2. The molecule has 2 aromatic rings. The summed E-state index contributed by atoms with van der Waals surface area (Å²) < 4.78 is 0. The molecule has 1 aliphatic rings. The fourth-order valence-electron chi connectivity index (χ4n) is 3.10. The van der Waals surface area contributed by atoms with Crippen LogP contribution in [0.1, 0.15) is 30.5 Å². The SMILES string of the molecule is CCc1ccc(NC(=O)N[C@H]2C[C@H](C(=O)O)Nc3cc(Cl)cc(Cl)c32)cc1. The van der Waals surface area contributed by atoms with E-state index in [2.05, 4.69) is 22.9 Å². The van der Waals surface area contributed by atoms with Gasteiger partial charge in [-0.25, -0.2) is 9.59 Å². The van der Waals surface area contributed by atoms with Crippen molar-refractivity contribution in [3.05, 3.63) is 57.6 Å². The zero-order valence-electron chi connectivity index (χ0n) is 14.6. The predicted octanol–water partition coefficient (Wildman–Crippen LogP) is 4.69. The fourth-order valence-corrected chi connectivity index (χ4v) is 3.73. The van der Waals surface area contributed by atoms with Gasteiger partial charge in [-0.3, -0.25) is 0 Å². The molecule has 0 unspecified atom stereocenters. The molecule has 6 nitrogen and oxygen atoms in total. The maximum absolute atomic E-state index is 12.4. The number of hydrogen-bond acceptors (Lipinski definition) is 3. The maximum atomic E-state index is 12.4. The number of nitrogens with one attached hydrogen (secondary N) is 3. The zero-order chi connectivity index (χ0) is 19.6. The Balaban J connectivity index is 1.80. The molecular weight excluding hydrogens is 389 g/mol. The Bertz CT molecular complexity index is 871. The van der Waals surface area contributed by atoms with Crippen molar-refractivity contribution in [2.45, 2.75) is 31.8 Å². The predicted molar refractivity (Wildman–Crippen MR) is 107 cm³/mol. The van der Waals surface area contributed by atoms with Crippen molar-refractivity contribution in [1.29, 1.82) is 0 Å². The van der Waals surface area contributed by atoms with Crippen LogP contribution in [0.25, 0.3) is 0 Å². The van der Waals surface area contributed by atoms with Gasteiger partial charge in [0.15, 0.2) is 0 Å². The standard InChI is InChI=1S/C19H19Cl2N3O3/c1-2-10-3-5-12(6-4-10)22-19(27)24-15-9-16(18(25)26)23-14-8-11(20)7-13(21)17(14)15/h3-8,15-16,23H,2,9H2,1H3,(H,25,26)(H2,22,24,27)/t15-,16+/m0/s1. The van der Waals surface area contributed by atoms with Gasteiger partial charge in [0.05, 0.1) is 6.04 Å². The molecule has 0 aromatic heterocycles. The lowest BCUT2D eigenvalue weighted by Crippen LogP contribution is -2.42. The number of rotatable bonds is 4. The summed E-state index contributed by atoms with van der Waals surface area (Å²) in [5.74, 6) is -1.01. The molecule has 0 spiro atoms. The molecule has 0 radical (unpaired) electrons. The summed E-state index contributed by atoms with van der Waals surface area (Å²) in [7, 11) is 0. The second-order valence-electron chi connectivity index (χ2n) is 6.32. The second-order valence-corrected chi connectivity index (χ2v) is 7.16.